The number of thioether (sulfide) groups is 1. The van der Waals surface area contributed by atoms with E-state index in [2.05, 4.69) is 36.4 Å². The molecule has 0 spiro atoms. The predicted molar refractivity (Wildman–Crippen MR) is 57.2 cm³/mol. The van der Waals surface area contributed by atoms with Gasteiger partial charge in [-0.1, -0.05) is 30.4 Å². The zero-order chi connectivity index (χ0) is 8.67. The van der Waals surface area contributed by atoms with E-state index in [9.17, 15) is 0 Å². The van der Waals surface area contributed by atoms with Crippen molar-refractivity contribution in [3.8, 4) is 0 Å². The zero-order valence-electron chi connectivity index (χ0n) is 7.44. The molecule has 1 aromatic carbocycles. The number of rotatable bonds is 0. The van der Waals surface area contributed by atoms with Crippen molar-refractivity contribution in [2.75, 3.05) is 0 Å². The molecule has 0 nitrogen and oxygen atoms in total. The summed E-state index contributed by atoms with van der Waals surface area (Å²) in [5.74, 6) is 0.797. The third-order valence-electron chi connectivity index (χ3n) is 2.95. The van der Waals surface area contributed by atoms with Crippen LogP contribution in [0.3, 0.4) is 0 Å². The standard InChI is InChI=1S/C12H12S/c1-3-7-11-9(5-1)10-6-2-4-8-12(10)13-11/h1,3-5,7-8,10,12H,2,6H2. The highest BCUT2D eigenvalue weighted by Gasteiger charge is 2.31. The molecule has 0 amide bonds. The van der Waals surface area contributed by atoms with Crippen molar-refractivity contribution < 1.29 is 0 Å². The minimum absolute atomic E-state index is 0.728. The van der Waals surface area contributed by atoms with Crippen molar-refractivity contribution in [2.45, 2.75) is 28.9 Å². The topological polar surface area (TPSA) is 0 Å². The SMILES string of the molecule is C1=CC2Sc3ccccc3C2CC1. The Morgan fingerprint density at radius 1 is 1.23 bits per heavy atom. The first-order valence-electron chi connectivity index (χ1n) is 4.87. The van der Waals surface area contributed by atoms with Crippen LogP contribution in [-0.4, -0.2) is 5.25 Å². The summed E-state index contributed by atoms with van der Waals surface area (Å²) in [5, 5.41) is 0.728. The minimum atomic E-state index is 0.728. The maximum absolute atomic E-state index is 2.39. The van der Waals surface area contributed by atoms with E-state index in [1.54, 1.807) is 5.56 Å². The van der Waals surface area contributed by atoms with Gasteiger partial charge in [-0.3, -0.25) is 0 Å². The quantitative estimate of drug-likeness (QED) is 0.561. The van der Waals surface area contributed by atoms with Gasteiger partial charge >= 0.3 is 0 Å². The van der Waals surface area contributed by atoms with Crippen molar-refractivity contribution in [3.05, 3.63) is 42.0 Å². The summed E-state index contributed by atoms with van der Waals surface area (Å²) in [6.45, 7) is 0. The highest BCUT2D eigenvalue weighted by Crippen LogP contribution is 2.49. The highest BCUT2D eigenvalue weighted by molar-refractivity contribution is 8.00. The minimum Gasteiger partial charge on any atom is -0.118 e. The van der Waals surface area contributed by atoms with Gasteiger partial charge in [-0.25, -0.2) is 0 Å². The second kappa shape index (κ2) is 2.91. The molecule has 0 saturated heterocycles. The summed E-state index contributed by atoms with van der Waals surface area (Å²) in [6.07, 6.45) is 7.32. The molecule has 0 bridgehead atoms. The molecule has 2 atom stereocenters. The average molecular weight is 188 g/mol. The lowest BCUT2D eigenvalue weighted by Gasteiger charge is -2.19. The average Bonchev–Trinajstić information content (AvgIpc) is 2.56. The van der Waals surface area contributed by atoms with Gasteiger partial charge in [-0.05, 0) is 24.5 Å². The lowest BCUT2D eigenvalue weighted by atomic mass is 9.88. The lowest BCUT2D eigenvalue weighted by molar-refractivity contribution is 0.633. The number of benzene rings is 1. The Bertz CT molecular complexity index is 354. The summed E-state index contributed by atoms with van der Waals surface area (Å²) in [6, 6.07) is 8.87. The number of fused-ring (bicyclic) bond motifs is 3. The Morgan fingerprint density at radius 3 is 3.15 bits per heavy atom. The Hall–Kier alpha value is -0.690. The first-order chi connectivity index (χ1) is 6.45. The first kappa shape index (κ1) is 7.69. The summed E-state index contributed by atoms with van der Waals surface area (Å²) < 4.78 is 0. The van der Waals surface area contributed by atoms with Crippen LogP contribution in [0.5, 0.6) is 0 Å². The Kier molecular flexibility index (Phi) is 1.72. The maximum Gasteiger partial charge on any atom is 0.0343 e. The largest absolute Gasteiger partial charge is 0.118 e. The maximum atomic E-state index is 2.39. The van der Waals surface area contributed by atoms with Gasteiger partial charge in [-0.2, -0.15) is 0 Å². The monoisotopic (exact) mass is 188 g/mol. The van der Waals surface area contributed by atoms with Crippen LogP contribution >= 0.6 is 11.8 Å². The fourth-order valence-corrected chi connectivity index (χ4v) is 3.74. The third-order valence-corrected chi connectivity index (χ3v) is 4.33. The van der Waals surface area contributed by atoms with Crippen molar-refractivity contribution >= 4 is 11.8 Å². The van der Waals surface area contributed by atoms with E-state index >= 15 is 0 Å². The molecule has 0 saturated carbocycles. The molecule has 13 heavy (non-hydrogen) atoms. The van der Waals surface area contributed by atoms with Gasteiger partial charge in [-0.15, -0.1) is 11.8 Å². The molecule has 1 aliphatic heterocycles. The van der Waals surface area contributed by atoms with Crippen LogP contribution in [0.2, 0.25) is 0 Å². The molecule has 2 unspecified atom stereocenters. The van der Waals surface area contributed by atoms with Crippen molar-refractivity contribution in [1.29, 1.82) is 0 Å². The highest BCUT2D eigenvalue weighted by atomic mass is 32.2. The van der Waals surface area contributed by atoms with Crippen LogP contribution in [-0.2, 0) is 0 Å². The van der Waals surface area contributed by atoms with E-state index < -0.39 is 0 Å². The Morgan fingerprint density at radius 2 is 2.15 bits per heavy atom. The Labute approximate surface area is 83.0 Å². The predicted octanol–water partition coefficient (Wildman–Crippen LogP) is 3.59. The normalized spacial score (nSPS) is 29.8. The van der Waals surface area contributed by atoms with Crippen molar-refractivity contribution in [3.63, 3.8) is 0 Å². The van der Waals surface area contributed by atoms with Gasteiger partial charge in [0.1, 0.15) is 0 Å². The first-order valence-corrected chi connectivity index (χ1v) is 5.75. The van der Waals surface area contributed by atoms with Crippen LogP contribution in [0.15, 0.2) is 41.3 Å². The summed E-state index contributed by atoms with van der Waals surface area (Å²) in [5.41, 5.74) is 1.59. The third kappa shape index (κ3) is 1.14. The van der Waals surface area contributed by atoms with Gasteiger partial charge in [0.25, 0.3) is 0 Å². The fraction of sp³-hybridized carbons (Fsp3) is 0.333. The molecule has 0 N–H and O–H groups in total. The second-order valence-corrected chi connectivity index (χ2v) is 4.95. The smallest absolute Gasteiger partial charge is 0.0343 e. The van der Waals surface area contributed by atoms with E-state index in [0.29, 0.717) is 0 Å². The summed E-state index contributed by atoms with van der Waals surface area (Å²) in [7, 11) is 0. The van der Waals surface area contributed by atoms with Gasteiger partial charge < -0.3 is 0 Å². The van der Waals surface area contributed by atoms with Crippen molar-refractivity contribution in [1.82, 2.24) is 0 Å². The molecule has 1 aliphatic carbocycles. The van der Waals surface area contributed by atoms with E-state index in [4.69, 9.17) is 0 Å². The van der Waals surface area contributed by atoms with Crippen LogP contribution < -0.4 is 0 Å². The molecule has 1 heteroatoms. The van der Waals surface area contributed by atoms with E-state index in [0.717, 1.165) is 11.2 Å². The molecule has 66 valence electrons. The molecule has 0 radical (unpaired) electrons. The van der Waals surface area contributed by atoms with Crippen LogP contribution in [0.1, 0.15) is 24.3 Å². The van der Waals surface area contributed by atoms with Gasteiger partial charge in [0.2, 0.25) is 0 Å². The molecule has 2 aliphatic rings. The van der Waals surface area contributed by atoms with E-state index in [-0.39, 0.29) is 0 Å². The number of allylic oxidation sites excluding steroid dienone is 1. The number of hydrogen-bond donors (Lipinski definition) is 0. The van der Waals surface area contributed by atoms with Gasteiger partial charge in [0.15, 0.2) is 0 Å². The van der Waals surface area contributed by atoms with Crippen LogP contribution in [0, 0.1) is 0 Å². The summed E-state index contributed by atoms with van der Waals surface area (Å²) >= 11 is 2.03. The van der Waals surface area contributed by atoms with Crippen LogP contribution in [0.4, 0.5) is 0 Å². The fourth-order valence-electron chi connectivity index (χ4n) is 2.30. The second-order valence-electron chi connectivity index (χ2n) is 3.73. The van der Waals surface area contributed by atoms with Gasteiger partial charge in [0.05, 0.1) is 0 Å². The molecule has 3 rings (SSSR count). The number of hydrogen-bond acceptors (Lipinski definition) is 1. The molecule has 0 fully saturated rings. The van der Waals surface area contributed by atoms with E-state index in [1.165, 1.54) is 17.7 Å². The molecular formula is C12H12S. The molecular weight excluding hydrogens is 176 g/mol. The van der Waals surface area contributed by atoms with E-state index in [1.807, 2.05) is 11.8 Å². The van der Waals surface area contributed by atoms with Gasteiger partial charge in [0, 0.05) is 16.1 Å². The Balaban J connectivity index is 2.07. The molecule has 1 heterocycles. The summed E-state index contributed by atoms with van der Waals surface area (Å²) in [4.78, 5) is 1.50. The lowest BCUT2D eigenvalue weighted by Crippen LogP contribution is -2.10. The molecule has 0 aromatic heterocycles. The van der Waals surface area contributed by atoms with Crippen molar-refractivity contribution in [2.24, 2.45) is 0 Å². The zero-order valence-corrected chi connectivity index (χ0v) is 8.26. The molecule has 1 aromatic rings. The van der Waals surface area contributed by atoms with Crippen LogP contribution in [0.25, 0.3) is 0 Å².